The van der Waals surface area contributed by atoms with Crippen LogP contribution in [-0.4, -0.2) is 57.2 Å². The smallest absolute Gasteiger partial charge is 0.328 e. The van der Waals surface area contributed by atoms with Gasteiger partial charge in [0.25, 0.3) is 0 Å². The average Bonchev–Trinajstić information content (AvgIpc) is 2.88. The van der Waals surface area contributed by atoms with Gasteiger partial charge in [0.05, 0.1) is 6.54 Å². The van der Waals surface area contributed by atoms with E-state index < -0.39 is 23.9 Å². The topological polar surface area (TPSA) is 138 Å². The van der Waals surface area contributed by atoms with Crippen LogP contribution in [-0.2, 0) is 16.1 Å². The average molecular weight is 269 g/mol. The van der Waals surface area contributed by atoms with Crippen molar-refractivity contribution in [3.8, 4) is 0 Å². The Hall–Kier alpha value is -2.65. The van der Waals surface area contributed by atoms with E-state index in [1.54, 1.807) is 0 Å². The minimum atomic E-state index is -1.19. The third kappa shape index (κ3) is 2.97. The minimum absolute atomic E-state index is 0.0141. The molecule has 0 bridgehead atoms. The van der Waals surface area contributed by atoms with Gasteiger partial charge >= 0.3 is 12.0 Å². The molecule has 1 atom stereocenters. The molecular weight excluding hydrogens is 258 g/mol. The van der Waals surface area contributed by atoms with Crippen molar-refractivity contribution in [3.05, 3.63) is 12.2 Å². The molecule has 0 saturated carbocycles. The number of carbonyl (C=O) groups excluding carboxylic acids is 2. The molecule has 0 radical (unpaired) electrons. The molecule has 10 nitrogen and oxygen atoms in total. The van der Waals surface area contributed by atoms with Gasteiger partial charge in [-0.15, -0.1) is 0 Å². The molecule has 0 aromatic carbocycles. The highest BCUT2D eigenvalue weighted by molar-refractivity contribution is 5.90. The second-order valence-electron chi connectivity index (χ2n) is 3.79. The van der Waals surface area contributed by atoms with Gasteiger partial charge in [0, 0.05) is 6.54 Å². The van der Waals surface area contributed by atoms with E-state index in [9.17, 15) is 14.4 Å². The number of carboxylic acids is 1. The second-order valence-corrected chi connectivity index (χ2v) is 3.79. The second kappa shape index (κ2) is 5.33. The fourth-order valence-corrected chi connectivity index (χ4v) is 1.60. The van der Waals surface area contributed by atoms with Gasteiger partial charge in [-0.05, 0) is 0 Å². The third-order valence-corrected chi connectivity index (χ3v) is 2.53. The van der Waals surface area contributed by atoms with Crippen LogP contribution in [0.25, 0.3) is 0 Å². The van der Waals surface area contributed by atoms with Crippen LogP contribution in [0.1, 0.15) is 5.82 Å². The van der Waals surface area contributed by atoms with E-state index in [0.717, 1.165) is 11.3 Å². The molecule has 1 aromatic heterocycles. The SMILES string of the molecule is O=C1CN(C(=O)NCc2ncon2)C(C(=O)O)CN1. The maximum Gasteiger partial charge on any atom is 0.328 e. The van der Waals surface area contributed by atoms with Crippen LogP contribution in [0, 0.1) is 0 Å². The molecule has 3 amide bonds. The third-order valence-electron chi connectivity index (χ3n) is 2.53. The quantitative estimate of drug-likeness (QED) is 0.586. The fraction of sp³-hybridized carbons (Fsp3) is 0.444. The van der Waals surface area contributed by atoms with Crippen LogP contribution < -0.4 is 10.6 Å². The highest BCUT2D eigenvalue weighted by atomic mass is 16.5. The molecule has 2 heterocycles. The maximum atomic E-state index is 11.8. The first-order chi connectivity index (χ1) is 9.08. The molecule has 1 aliphatic heterocycles. The zero-order valence-corrected chi connectivity index (χ0v) is 9.70. The molecule has 1 saturated heterocycles. The van der Waals surface area contributed by atoms with Gasteiger partial charge in [-0.3, -0.25) is 9.69 Å². The van der Waals surface area contributed by atoms with Crippen molar-refractivity contribution < 1.29 is 24.0 Å². The summed E-state index contributed by atoms with van der Waals surface area (Å²) in [5, 5.41) is 17.3. The molecule has 102 valence electrons. The van der Waals surface area contributed by atoms with Crippen molar-refractivity contribution in [2.24, 2.45) is 0 Å². The van der Waals surface area contributed by atoms with Crippen LogP contribution in [0.4, 0.5) is 4.79 Å². The summed E-state index contributed by atoms with van der Waals surface area (Å²) in [7, 11) is 0. The number of carbonyl (C=O) groups is 3. The lowest BCUT2D eigenvalue weighted by atomic mass is 10.2. The summed E-state index contributed by atoms with van der Waals surface area (Å²) >= 11 is 0. The van der Waals surface area contributed by atoms with E-state index >= 15 is 0 Å². The van der Waals surface area contributed by atoms with Crippen LogP contribution in [0.3, 0.4) is 0 Å². The van der Waals surface area contributed by atoms with Crippen molar-refractivity contribution in [2.75, 3.05) is 13.1 Å². The summed E-state index contributed by atoms with van der Waals surface area (Å²) in [5.41, 5.74) is 0. The molecule has 19 heavy (non-hydrogen) atoms. The summed E-state index contributed by atoms with van der Waals surface area (Å²) in [4.78, 5) is 38.7. The van der Waals surface area contributed by atoms with E-state index in [0.29, 0.717) is 0 Å². The van der Waals surface area contributed by atoms with Crippen molar-refractivity contribution >= 4 is 17.9 Å². The van der Waals surface area contributed by atoms with E-state index in [4.69, 9.17) is 5.11 Å². The molecule has 0 aliphatic carbocycles. The molecule has 3 N–H and O–H groups in total. The first kappa shape index (κ1) is 12.8. The lowest BCUT2D eigenvalue weighted by molar-refractivity contribution is -0.144. The number of carboxylic acid groups (broad SMARTS) is 1. The number of aliphatic carboxylic acids is 1. The van der Waals surface area contributed by atoms with Crippen molar-refractivity contribution in [1.82, 2.24) is 25.7 Å². The van der Waals surface area contributed by atoms with E-state index in [1.165, 1.54) is 0 Å². The predicted octanol–water partition coefficient (Wildman–Crippen LogP) is -1.84. The maximum absolute atomic E-state index is 11.8. The molecule has 1 unspecified atom stereocenters. The number of rotatable bonds is 3. The van der Waals surface area contributed by atoms with E-state index in [-0.39, 0.29) is 25.5 Å². The van der Waals surface area contributed by atoms with Crippen LogP contribution >= 0.6 is 0 Å². The number of hydrogen-bond donors (Lipinski definition) is 3. The predicted molar refractivity (Wildman–Crippen MR) is 57.7 cm³/mol. The Labute approximate surface area is 106 Å². The standard InChI is InChI=1S/C9H11N5O5/c15-7-3-14(5(1-10-7)8(16)17)9(18)11-2-6-12-4-19-13-6/h4-5H,1-3H2,(H,10,15)(H,11,18)(H,16,17). The Morgan fingerprint density at radius 2 is 2.42 bits per heavy atom. The Kier molecular flexibility index (Phi) is 3.59. The number of nitrogens with one attached hydrogen (secondary N) is 2. The molecule has 2 rings (SSSR count). The number of piperazine rings is 1. The largest absolute Gasteiger partial charge is 0.480 e. The monoisotopic (exact) mass is 269 g/mol. The molecule has 1 aromatic rings. The zero-order chi connectivity index (χ0) is 13.8. The van der Waals surface area contributed by atoms with Crippen molar-refractivity contribution in [1.29, 1.82) is 0 Å². The first-order valence-electron chi connectivity index (χ1n) is 5.37. The molecular formula is C9H11N5O5. The Bertz CT molecular complexity index is 487. The summed E-state index contributed by atoms with van der Waals surface area (Å²) in [5.74, 6) is -1.34. The Balaban J connectivity index is 1.98. The van der Waals surface area contributed by atoms with Gasteiger partial charge in [0.1, 0.15) is 12.6 Å². The van der Waals surface area contributed by atoms with Gasteiger partial charge in [0.2, 0.25) is 12.3 Å². The van der Waals surface area contributed by atoms with Crippen LogP contribution in [0.5, 0.6) is 0 Å². The van der Waals surface area contributed by atoms with Crippen molar-refractivity contribution in [2.45, 2.75) is 12.6 Å². The lowest BCUT2D eigenvalue weighted by Gasteiger charge is -2.32. The summed E-state index contributed by atoms with van der Waals surface area (Å²) < 4.78 is 4.48. The Morgan fingerprint density at radius 3 is 3.05 bits per heavy atom. The summed E-state index contributed by atoms with van der Waals surface area (Å²) in [6.07, 6.45) is 1.11. The zero-order valence-electron chi connectivity index (χ0n) is 9.70. The first-order valence-corrected chi connectivity index (χ1v) is 5.37. The fourth-order valence-electron chi connectivity index (χ4n) is 1.60. The van der Waals surface area contributed by atoms with Gasteiger partial charge in [-0.1, -0.05) is 5.16 Å². The number of hydrogen-bond acceptors (Lipinski definition) is 6. The van der Waals surface area contributed by atoms with Crippen molar-refractivity contribution in [3.63, 3.8) is 0 Å². The minimum Gasteiger partial charge on any atom is -0.480 e. The van der Waals surface area contributed by atoms with E-state index in [2.05, 4.69) is 25.3 Å². The number of amides is 3. The molecule has 0 spiro atoms. The molecule has 10 heteroatoms. The summed E-state index contributed by atoms with van der Waals surface area (Å²) in [6, 6.07) is -1.77. The summed E-state index contributed by atoms with van der Waals surface area (Å²) in [6.45, 7) is -0.446. The van der Waals surface area contributed by atoms with Crippen LogP contribution in [0.15, 0.2) is 10.9 Å². The number of urea groups is 1. The van der Waals surface area contributed by atoms with Gasteiger partial charge < -0.3 is 20.3 Å². The number of aromatic nitrogens is 2. The van der Waals surface area contributed by atoms with E-state index in [1.807, 2.05) is 0 Å². The van der Waals surface area contributed by atoms with Gasteiger partial charge in [-0.2, -0.15) is 4.98 Å². The van der Waals surface area contributed by atoms with Gasteiger partial charge in [0.15, 0.2) is 5.82 Å². The molecule has 1 aliphatic rings. The van der Waals surface area contributed by atoms with Gasteiger partial charge in [-0.25, -0.2) is 9.59 Å². The lowest BCUT2D eigenvalue weighted by Crippen LogP contribution is -2.61. The molecule has 1 fully saturated rings. The highest BCUT2D eigenvalue weighted by Gasteiger charge is 2.35. The van der Waals surface area contributed by atoms with Crippen LogP contribution in [0.2, 0.25) is 0 Å². The number of nitrogens with zero attached hydrogens (tertiary/aromatic N) is 3. The normalized spacial score (nSPS) is 18.8. The highest BCUT2D eigenvalue weighted by Crippen LogP contribution is 2.05. The Morgan fingerprint density at radius 1 is 1.63 bits per heavy atom.